The van der Waals surface area contributed by atoms with Crippen LogP contribution in [0.2, 0.25) is 0 Å². The lowest BCUT2D eigenvalue weighted by Gasteiger charge is -2.43. The highest BCUT2D eigenvalue weighted by molar-refractivity contribution is 4.91. The van der Waals surface area contributed by atoms with E-state index in [1.165, 1.54) is 0 Å². The fourth-order valence-corrected chi connectivity index (χ4v) is 3.00. The molecule has 2 rings (SSSR count). The van der Waals surface area contributed by atoms with E-state index in [1.54, 1.807) is 0 Å². The molecule has 2 saturated heterocycles. The van der Waals surface area contributed by atoms with E-state index >= 15 is 0 Å². The molecule has 2 heterocycles. The third kappa shape index (κ3) is 4.19. The highest BCUT2D eigenvalue weighted by Gasteiger charge is 2.38. The van der Waals surface area contributed by atoms with Crippen LogP contribution in [0, 0.1) is 0 Å². The molecule has 0 aromatic heterocycles. The minimum absolute atomic E-state index is 0.0818. The summed E-state index contributed by atoms with van der Waals surface area (Å²) in [6.45, 7) is 5.41. The number of ether oxygens (including phenoxy) is 2. The van der Waals surface area contributed by atoms with Crippen LogP contribution < -0.4 is 5.32 Å². The van der Waals surface area contributed by atoms with Gasteiger partial charge in [0.05, 0.1) is 11.7 Å². The van der Waals surface area contributed by atoms with Crippen molar-refractivity contribution >= 4 is 0 Å². The van der Waals surface area contributed by atoms with Crippen molar-refractivity contribution < 1.29 is 14.6 Å². The zero-order chi connectivity index (χ0) is 12.8. The lowest BCUT2D eigenvalue weighted by Crippen LogP contribution is -2.50. The maximum atomic E-state index is 9.23. The van der Waals surface area contributed by atoms with Crippen LogP contribution in [0.5, 0.6) is 0 Å². The first kappa shape index (κ1) is 14.3. The number of aliphatic hydroxyl groups is 1. The topological polar surface area (TPSA) is 50.7 Å². The minimum Gasteiger partial charge on any atom is -0.393 e. The molecule has 4 nitrogen and oxygen atoms in total. The van der Waals surface area contributed by atoms with Crippen molar-refractivity contribution in [3.8, 4) is 0 Å². The fraction of sp³-hybridized carbons (Fsp3) is 1.00. The zero-order valence-electron chi connectivity index (χ0n) is 11.5. The molecule has 0 bridgehead atoms. The van der Waals surface area contributed by atoms with E-state index in [9.17, 15) is 5.11 Å². The van der Waals surface area contributed by atoms with E-state index in [4.69, 9.17) is 9.47 Å². The van der Waals surface area contributed by atoms with Gasteiger partial charge >= 0.3 is 0 Å². The molecule has 18 heavy (non-hydrogen) atoms. The largest absolute Gasteiger partial charge is 0.393 e. The first-order valence-electron chi connectivity index (χ1n) is 7.33. The molecule has 2 aliphatic heterocycles. The van der Waals surface area contributed by atoms with Gasteiger partial charge in [-0.25, -0.2) is 0 Å². The van der Waals surface area contributed by atoms with Crippen LogP contribution in [0.3, 0.4) is 0 Å². The van der Waals surface area contributed by atoms with Crippen molar-refractivity contribution in [1.82, 2.24) is 5.32 Å². The van der Waals surface area contributed by atoms with Gasteiger partial charge in [-0.3, -0.25) is 0 Å². The first-order chi connectivity index (χ1) is 8.70. The number of hydrogen-bond acceptors (Lipinski definition) is 4. The number of hydrogen-bond donors (Lipinski definition) is 2. The van der Waals surface area contributed by atoms with Crippen molar-refractivity contribution in [3.05, 3.63) is 0 Å². The second kappa shape index (κ2) is 6.85. The van der Waals surface area contributed by atoms with Gasteiger partial charge in [-0.15, -0.1) is 0 Å². The maximum absolute atomic E-state index is 9.23. The van der Waals surface area contributed by atoms with Crippen molar-refractivity contribution in [2.45, 2.75) is 63.2 Å². The number of nitrogens with one attached hydrogen (secondary N) is 1. The van der Waals surface area contributed by atoms with Gasteiger partial charge in [-0.05, 0) is 52.0 Å². The lowest BCUT2D eigenvalue weighted by atomic mass is 9.84. The molecule has 0 aliphatic carbocycles. The van der Waals surface area contributed by atoms with Crippen LogP contribution in [0.4, 0.5) is 0 Å². The summed E-state index contributed by atoms with van der Waals surface area (Å²) in [5, 5.41) is 12.8. The van der Waals surface area contributed by atoms with Gasteiger partial charge < -0.3 is 19.9 Å². The molecule has 106 valence electrons. The molecule has 0 amide bonds. The highest BCUT2D eigenvalue weighted by atomic mass is 16.5. The standard InChI is InChI=1S/C14H27NO3/c1-12(16)3-2-7-15-13-4-8-18-14(11-13)5-9-17-10-6-14/h12-13,15-16H,2-11H2,1H3. The number of aliphatic hydroxyl groups excluding tert-OH is 1. The molecule has 0 aromatic rings. The second-order valence-electron chi connectivity index (χ2n) is 5.78. The summed E-state index contributed by atoms with van der Waals surface area (Å²) >= 11 is 0. The second-order valence-corrected chi connectivity index (χ2v) is 5.78. The van der Waals surface area contributed by atoms with Gasteiger partial charge in [0, 0.05) is 25.9 Å². The summed E-state index contributed by atoms with van der Waals surface area (Å²) in [4.78, 5) is 0. The van der Waals surface area contributed by atoms with E-state index in [0.717, 1.165) is 64.9 Å². The average Bonchev–Trinajstić information content (AvgIpc) is 2.36. The summed E-state index contributed by atoms with van der Waals surface area (Å²) in [5.41, 5.74) is 0.0818. The van der Waals surface area contributed by atoms with E-state index in [2.05, 4.69) is 5.32 Å². The van der Waals surface area contributed by atoms with Gasteiger partial charge in [-0.2, -0.15) is 0 Å². The Kier molecular flexibility index (Phi) is 5.42. The molecule has 2 atom stereocenters. The van der Waals surface area contributed by atoms with Gasteiger partial charge in [0.15, 0.2) is 0 Å². The van der Waals surface area contributed by atoms with Crippen LogP contribution in [-0.4, -0.2) is 49.2 Å². The Morgan fingerprint density at radius 3 is 2.83 bits per heavy atom. The van der Waals surface area contributed by atoms with Crippen LogP contribution in [0.1, 0.15) is 45.4 Å². The summed E-state index contributed by atoms with van der Waals surface area (Å²) < 4.78 is 11.5. The fourth-order valence-electron chi connectivity index (χ4n) is 3.00. The first-order valence-corrected chi connectivity index (χ1v) is 7.33. The third-order valence-corrected chi connectivity index (χ3v) is 4.13. The van der Waals surface area contributed by atoms with Gasteiger partial charge in [0.2, 0.25) is 0 Å². The Balaban J connectivity index is 1.69. The SMILES string of the molecule is CC(O)CCCNC1CCOC2(CCOCC2)C1. The molecule has 2 N–H and O–H groups in total. The molecular weight excluding hydrogens is 230 g/mol. The third-order valence-electron chi connectivity index (χ3n) is 4.13. The van der Waals surface area contributed by atoms with Gasteiger partial charge in [0.1, 0.15) is 0 Å². The Bertz CT molecular complexity index is 234. The van der Waals surface area contributed by atoms with Crippen LogP contribution in [-0.2, 0) is 9.47 Å². The highest BCUT2D eigenvalue weighted by Crippen LogP contribution is 2.34. The summed E-state index contributed by atoms with van der Waals surface area (Å²) in [7, 11) is 0. The van der Waals surface area contributed by atoms with Crippen molar-refractivity contribution in [3.63, 3.8) is 0 Å². The predicted octanol–water partition coefficient (Wildman–Crippen LogP) is 1.47. The van der Waals surface area contributed by atoms with Crippen molar-refractivity contribution in [2.24, 2.45) is 0 Å². The Morgan fingerprint density at radius 2 is 2.11 bits per heavy atom. The summed E-state index contributed by atoms with van der Waals surface area (Å²) in [6, 6.07) is 0.575. The van der Waals surface area contributed by atoms with E-state index < -0.39 is 0 Å². The average molecular weight is 257 g/mol. The molecule has 0 aromatic carbocycles. The zero-order valence-corrected chi connectivity index (χ0v) is 11.5. The minimum atomic E-state index is -0.177. The Labute approximate surface area is 110 Å². The van der Waals surface area contributed by atoms with Crippen LogP contribution in [0.25, 0.3) is 0 Å². The smallest absolute Gasteiger partial charge is 0.0741 e. The predicted molar refractivity (Wildman–Crippen MR) is 70.7 cm³/mol. The van der Waals surface area contributed by atoms with Crippen LogP contribution >= 0.6 is 0 Å². The van der Waals surface area contributed by atoms with E-state index in [0.29, 0.717) is 6.04 Å². The van der Waals surface area contributed by atoms with Gasteiger partial charge in [-0.1, -0.05) is 0 Å². The molecule has 1 spiro atoms. The lowest BCUT2D eigenvalue weighted by molar-refractivity contribution is -0.140. The monoisotopic (exact) mass is 257 g/mol. The quantitative estimate of drug-likeness (QED) is 0.732. The molecule has 2 aliphatic rings. The summed E-state index contributed by atoms with van der Waals surface area (Å²) in [5.74, 6) is 0. The van der Waals surface area contributed by atoms with Crippen molar-refractivity contribution in [1.29, 1.82) is 0 Å². The van der Waals surface area contributed by atoms with Crippen molar-refractivity contribution in [2.75, 3.05) is 26.4 Å². The molecule has 0 radical (unpaired) electrons. The van der Waals surface area contributed by atoms with Crippen LogP contribution in [0.15, 0.2) is 0 Å². The molecule has 4 heteroatoms. The molecule has 0 saturated carbocycles. The normalized spacial score (nSPS) is 29.3. The Hall–Kier alpha value is -0.160. The van der Waals surface area contributed by atoms with Gasteiger partial charge in [0.25, 0.3) is 0 Å². The Morgan fingerprint density at radius 1 is 1.33 bits per heavy atom. The maximum Gasteiger partial charge on any atom is 0.0741 e. The van der Waals surface area contributed by atoms with E-state index in [1.807, 2.05) is 6.92 Å². The number of rotatable bonds is 5. The summed E-state index contributed by atoms with van der Waals surface area (Å²) in [6.07, 6.45) is 6.06. The molecule has 2 fully saturated rings. The molecule has 2 unspecified atom stereocenters. The van der Waals surface area contributed by atoms with E-state index in [-0.39, 0.29) is 11.7 Å². The molecular formula is C14H27NO3.